The van der Waals surface area contributed by atoms with Crippen LogP contribution in [0.25, 0.3) is 17.1 Å². The van der Waals surface area contributed by atoms with E-state index in [0.717, 1.165) is 17.7 Å². The highest BCUT2D eigenvalue weighted by Gasteiger charge is 2.30. The minimum atomic E-state index is -4.44. The Morgan fingerprint density at radius 2 is 1.74 bits per heavy atom. The highest BCUT2D eigenvalue weighted by atomic mass is 19.4. The first-order chi connectivity index (χ1) is 16.2. The van der Waals surface area contributed by atoms with Gasteiger partial charge < -0.3 is 10.1 Å². The fraction of sp³-hybridized carbons (Fsp3) is 0.160. The van der Waals surface area contributed by atoms with E-state index in [0.29, 0.717) is 34.9 Å². The van der Waals surface area contributed by atoms with Crippen LogP contribution < -0.4 is 10.1 Å². The fourth-order valence-corrected chi connectivity index (χ4v) is 3.28. The molecule has 34 heavy (non-hydrogen) atoms. The third kappa shape index (κ3) is 5.09. The summed E-state index contributed by atoms with van der Waals surface area (Å²) in [6.45, 7) is 4.04. The molecule has 9 heteroatoms. The Kier molecular flexibility index (Phi) is 6.36. The zero-order valence-corrected chi connectivity index (χ0v) is 18.4. The van der Waals surface area contributed by atoms with Gasteiger partial charge in [-0.15, -0.1) is 5.10 Å². The molecule has 1 aromatic heterocycles. The van der Waals surface area contributed by atoms with Crippen LogP contribution >= 0.6 is 0 Å². The summed E-state index contributed by atoms with van der Waals surface area (Å²) in [5.41, 5.74) is 2.31. The molecule has 1 heterocycles. The number of carbonyl (C=O) groups is 1. The van der Waals surface area contributed by atoms with Gasteiger partial charge in [-0.25, -0.2) is 4.68 Å². The molecule has 0 atom stereocenters. The number of hydrogen-bond donors (Lipinski definition) is 1. The van der Waals surface area contributed by atoms with E-state index in [9.17, 15) is 18.0 Å². The number of nitrogens with zero attached hydrogens (tertiary/aromatic N) is 3. The SMILES string of the molecule is CCOc1nc(-c2ccc(C(F)(F)F)cc2)n(-c2cccc(NC(=O)c3ccc(C)cc3)c2)n1. The fourth-order valence-electron chi connectivity index (χ4n) is 3.28. The molecule has 0 unspecified atom stereocenters. The number of halogens is 3. The van der Waals surface area contributed by atoms with Gasteiger partial charge in [0.05, 0.1) is 17.9 Å². The van der Waals surface area contributed by atoms with Gasteiger partial charge >= 0.3 is 12.2 Å². The lowest BCUT2D eigenvalue weighted by Crippen LogP contribution is -2.12. The Labute approximate surface area is 194 Å². The van der Waals surface area contributed by atoms with E-state index in [4.69, 9.17) is 4.74 Å². The molecule has 0 saturated carbocycles. The molecule has 0 aliphatic rings. The first-order valence-corrected chi connectivity index (χ1v) is 10.5. The van der Waals surface area contributed by atoms with Crippen molar-refractivity contribution in [1.82, 2.24) is 14.8 Å². The highest BCUT2D eigenvalue weighted by Crippen LogP contribution is 2.32. The number of rotatable bonds is 6. The highest BCUT2D eigenvalue weighted by molar-refractivity contribution is 6.04. The monoisotopic (exact) mass is 466 g/mol. The van der Waals surface area contributed by atoms with Gasteiger partial charge in [0, 0.05) is 16.8 Å². The zero-order valence-electron chi connectivity index (χ0n) is 18.4. The number of hydrogen-bond acceptors (Lipinski definition) is 4. The second-order valence-electron chi connectivity index (χ2n) is 7.51. The zero-order chi connectivity index (χ0) is 24.3. The van der Waals surface area contributed by atoms with Gasteiger partial charge in [0.15, 0.2) is 5.82 Å². The van der Waals surface area contributed by atoms with Crippen molar-refractivity contribution in [2.75, 3.05) is 11.9 Å². The summed E-state index contributed by atoms with van der Waals surface area (Å²) in [7, 11) is 0. The lowest BCUT2D eigenvalue weighted by molar-refractivity contribution is -0.137. The molecule has 1 amide bonds. The topological polar surface area (TPSA) is 69.0 Å². The average Bonchev–Trinajstić information content (AvgIpc) is 3.23. The predicted molar refractivity (Wildman–Crippen MR) is 122 cm³/mol. The Morgan fingerprint density at radius 3 is 2.38 bits per heavy atom. The molecule has 4 aromatic rings. The van der Waals surface area contributed by atoms with Gasteiger partial charge in [0.25, 0.3) is 5.91 Å². The first-order valence-electron chi connectivity index (χ1n) is 10.5. The summed E-state index contributed by atoms with van der Waals surface area (Å²) in [6.07, 6.45) is -4.44. The van der Waals surface area contributed by atoms with Crippen molar-refractivity contribution in [3.63, 3.8) is 0 Å². The van der Waals surface area contributed by atoms with Crippen LogP contribution in [0.3, 0.4) is 0 Å². The van der Waals surface area contributed by atoms with Crippen molar-refractivity contribution in [3.05, 3.63) is 89.5 Å². The van der Waals surface area contributed by atoms with Gasteiger partial charge in [-0.05, 0) is 56.3 Å². The second kappa shape index (κ2) is 9.38. The Balaban J connectivity index is 1.67. The normalized spacial score (nSPS) is 11.3. The van der Waals surface area contributed by atoms with Crippen LogP contribution in [0.2, 0.25) is 0 Å². The van der Waals surface area contributed by atoms with Gasteiger partial charge in [-0.3, -0.25) is 4.79 Å². The van der Waals surface area contributed by atoms with Crippen LogP contribution in [0.4, 0.5) is 18.9 Å². The van der Waals surface area contributed by atoms with Crippen LogP contribution in [-0.4, -0.2) is 27.3 Å². The summed E-state index contributed by atoms with van der Waals surface area (Å²) in [4.78, 5) is 17.0. The molecule has 0 fully saturated rings. The molecule has 0 bridgehead atoms. The Hall–Kier alpha value is -4.14. The molecule has 0 aliphatic carbocycles. The maximum atomic E-state index is 13.0. The summed E-state index contributed by atoms with van der Waals surface area (Å²) >= 11 is 0. The number of ether oxygens (including phenoxy) is 1. The van der Waals surface area contributed by atoms with Crippen molar-refractivity contribution in [1.29, 1.82) is 0 Å². The quantitative estimate of drug-likeness (QED) is 0.383. The number of benzene rings is 3. The lowest BCUT2D eigenvalue weighted by Gasteiger charge is -2.10. The summed E-state index contributed by atoms with van der Waals surface area (Å²) in [5, 5.41) is 7.20. The third-order valence-corrected chi connectivity index (χ3v) is 4.99. The molecular formula is C25H21F3N4O2. The van der Waals surface area contributed by atoms with Crippen LogP contribution in [0.1, 0.15) is 28.4 Å². The summed E-state index contributed by atoms with van der Waals surface area (Å²) < 4.78 is 45.8. The van der Waals surface area contributed by atoms with Gasteiger partial charge in [0.1, 0.15) is 0 Å². The second-order valence-corrected chi connectivity index (χ2v) is 7.51. The van der Waals surface area contributed by atoms with Crippen LogP contribution in [-0.2, 0) is 6.18 Å². The van der Waals surface area contributed by atoms with Crippen LogP contribution in [0.5, 0.6) is 6.01 Å². The number of amides is 1. The Bertz CT molecular complexity index is 1300. The molecule has 0 aliphatic heterocycles. The molecule has 174 valence electrons. The van der Waals surface area contributed by atoms with Crippen molar-refractivity contribution >= 4 is 11.6 Å². The predicted octanol–water partition coefficient (Wildman–Crippen LogP) is 5.91. The average molecular weight is 466 g/mol. The molecule has 1 N–H and O–H groups in total. The van der Waals surface area contributed by atoms with E-state index in [1.807, 2.05) is 19.1 Å². The maximum absolute atomic E-state index is 13.0. The maximum Gasteiger partial charge on any atom is 0.416 e. The molecular weight excluding hydrogens is 445 g/mol. The van der Waals surface area contributed by atoms with E-state index >= 15 is 0 Å². The van der Waals surface area contributed by atoms with Crippen LogP contribution in [0.15, 0.2) is 72.8 Å². The van der Waals surface area contributed by atoms with Crippen molar-refractivity contribution in [3.8, 4) is 23.1 Å². The molecule has 0 saturated heterocycles. The first kappa shape index (κ1) is 23.0. The van der Waals surface area contributed by atoms with E-state index in [1.54, 1.807) is 43.3 Å². The van der Waals surface area contributed by atoms with Crippen molar-refractivity contribution in [2.45, 2.75) is 20.0 Å². The molecule has 0 spiro atoms. The minimum absolute atomic E-state index is 0.0893. The third-order valence-electron chi connectivity index (χ3n) is 4.99. The van der Waals surface area contributed by atoms with Crippen LogP contribution in [0, 0.1) is 6.92 Å². The molecule has 4 rings (SSSR count). The van der Waals surface area contributed by atoms with E-state index in [1.165, 1.54) is 16.8 Å². The number of nitrogens with one attached hydrogen (secondary N) is 1. The van der Waals surface area contributed by atoms with E-state index < -0.39 is 11.7 Å². The Morgan fingerprint density at radius 1 is 1.03 bits per heavy atom. The van der Waals surface area contributed by atoms with E-state index in [2.05, 4.69) is 15.4 Å². The standard InChI is InChI=1S/C25H21F3N4O2/c1-3-34-24-30-22(17-11-13-19(14-12-17)25(26,27)28)32(31-24)21-6-4-5-20(15-21)29-23(33)18-9-7-16(2)8-10-18/h4-15H,3H2,1-2H3,(H,29,33). The number of aromatic nitrogens is 3. The van der Waals surface area contributed by atoms with Gasteiger partial charge in [-0.1, -0.05) is 35.9 Å². The number of carbonyl (C=O) groups excluding carboxylic acids is 1. The number of alkyl halides is 3. The lowest BCUT2D eigenvalue weighted by atomic mass is 10.1. The van der Waals surface area contributed by atoms with Crippen molar-refractivity contribution in [2.24, 2.45) is 0 Å². The van der Waals surface area contributed by atoms with E-state index in [-0.39, 0.29) is 11.9 Å². The molecule has 6 nitrogen and oxygen atoms in total. The summed E-state index contributed by atoms with van der Waals surface area (Å²) in [5.74, 6) is 0.0351. The number of aryl methyl sites for hydroxylation is 1. The molecule has 0 radical (unpaired) electrons. The summed E-state index contributed by atoms with van der Waals surface area (Å²) in [6, 6.07) is 18.8. The number of anilines is 1. The smallest absolute Gasteiger partial charge is 0.416 e. The van der Waals surface area contributed by atoms with Crippen molar-refractivity contribution < 1.29 is 22.7 Å². The van der Waals surface area contributed by atoms with Gasteiger partial charge in [0.2, 0.25) is 0 Å². The minimum Gasteiger partial charge on any atom is -0.463 e. The largest absolute Gasteiger partial charge is 0.463 e. The van der Waals surface area contributed by atoms with Gasteiger partial charge in [-0.2, -0.15) is 18.2 Å². The molecule has 3 aromatic carbocycles.